The van der Waals surface area contributed by atoms with Crippen LogP contribution in [0, 0.1) is 19.7 Å². The monoisotopic (exact) mass is 245 g/mol. The van der Waals surface area contributed by atoms with Crippen molar-refractivity contribution in [3.63, 3.8) is 0 Å². The maximum Gasteiger partial charge on any atom is 0.132 e. The molecule has 18 heavy (non-hydrogen) atoms. The van der Waals surface area contributed by atoms with Crippen LogP contribution in [0.2, 0.25) is 0 Å². The predicted molar refractivity (Wildman–Crippen MR) is 70.7 cm³/mol. The fourth-order valence-corrected chi connectivity index (χ4v) is 1.82. The highest BCUT2D eigenvalue weighted by molar-refractivity contribution is 5.68. The van der Waals surface area contributed by atoms with E-state index in [9.17, 15) is 4.39 Å². The fraction of sp³-hybridized carbons (Fsp3) is 0.286. The molecule has 0 radical (unpaired) electrons. The highest BCUT2D eigenvalue weighted by atomic mass is 19.1. The normalized spacial score (nSPS) is 10.7. The van der Waals surface area contributed by atoms with E-state index in [1.54, 1.807) is 12.1 Å². The van der Waals surface area contributed by atoms with Crippen LogP contribution >= 0.6 is 0 Å². The van der Waals surface area contributed by atoms with Gasteiger partial charge in [0.15, 0.2) is 0 Å². The molecule has 2 N–H and O–H groups in total. The molecule has 4 heteroatoms. The summed E-state index contributed by atoms with van der Waals surface area (Å²) in [5, 5.41) is 0. The van der Waals surface area contributed by atoms with Gasteiger partial charge in [0.05, 0.1) is 5.69 Å². The van der Waals surface area contributed by atoms with Crippen LogP contribution in [-0.2, 0) is 6.42 Å². The van der Waals surface area contributed by atoms with Crippen molar-refractivity contribution >= 4 is 5.82 Å². The Morgan fingerprint density at radius 2 is 1.94 bits per heavy atom. The van der Waals surface area contributed by atoms with Crippen LogP contribution in [0.25, 0.3) is 11.3 Å². The topological polar surface area (TPSA) is 51.8 Å². The molecule has 0 unspecified atom stereocenters. The minimum Gasteiger partial charge on any atom is -0.383 e. The minimum atomic E-state index is -0.288. The molecule has 0 aliphatic heterocycles. The Morgan fingerprint density at radius 3 is 2.61 bits per heavy atom. The third kappa shape index (κ3) is 2.18. The van der Waals surface area contributed by atoms with Gasteiger partial charge in [-0.2, -0.15) is 0 Å². The Kier molecular flexibility index (Phi) is 3.28. The number of anilines is 1. The van der Waals surface area contributed by atoms with E-state index < -0.39 is 0 Å². The lowest BCUT2D eigenvalue weighted by Gasteiger charge is -2.10. The molecule has 1 aromatic carbocycles. The first-order valence-electron chi connectivity index (χ1n) is 5.92. The zero-order chi connectivity index (χ0) is 13.3. The van der Waals surface area contributed by atoms with Crippen LogP contribution in [0.15, 0.2) is 18.2 Å². The van der Waals surface area contributed by atoms with Gasteiger partial charge in [0.1, 0.15) is 17.5 Å². The Bertz CT molecular complexity index is 594. The fourth-order valence-electron chi connectivity index (χ4n) is 1.82. The molecule has 1 aromatic heterocycles. The van der Waals surface area contributed by atoms with E-state index in [4.69, 9.17) is 5.73 Å². The zero-order valence-electron chi connectivity index (χ0n) is 10.8. The number of nitrogens with two attached hydrogens (primary N) is 1. The smallest absolute Gasteiger partial charge is 0.132 e. The summed E-state index contributed by atoms with van der Waals surface area (Å²) >= 11 is 0. The molecule has 2 aromatic rings. The number of aryl methyl sites for hydroxylation is 2. The molecule has 94 valence electrons. The van der Waals surface area contributed by atoms with Crippen molar-refractivity contribution in [1.82, 2.24) is 9.97 Å². The van der Waals surface area contributed by atoms with E-state index in [0.29, 0.717) is 29.3 Å². The maximum atomic E-state index is 13.9. The summed E-state index contributed by atoms with van der Waals surface area (Å²) in [6, 6.07) is 4.97. The number of halogens is 1. The number of nitrogen functional groups attached to an aromatic ring is 1. The van der Waals surface area contributed by atoms with Gasteiger partial charge in [-0.3, -0.25) is 0 Å². The summed E-state index contributed by atoms with van der Waals surface area (Å²) in [6.07, 6.45) is 0.672. The van der Waals surface area contributed by atoms with E-state index in [-0.39, 0.29) is 5.82 Å². The van der Waals surface area contributed by atoms with Gasteiger partial charge in [-0.05, 0) is 26.0 Å². The third-order valence-electron chi connectivity index (χ3n) is 2.92. The van der Waals surface area contributed by atoms with Crippen molar-refractivity contribution in [2.24, 2.45) is 0 Å². The zero-order valence-corrected chi connectivity index (χ0v) is 10.8. The molecule has 1 heterocycles. The van der Waals surface area contributed by atoms with Crippen LogP contribution in [0.3, 0.4) is 0 Å². The van der Waals surface area contributed by atoms with Crippen molar-refractivity contribution < 1.29 is 4.39 Å². The average molecular weight is 245 g/mol. The largest absolute Gasteiger partial charge is 0.383 e. The lowest BCUT2D eigenvalue weighted by atomic mass is 10.0. The van der Waals surface area contributed by atoms with Crippen LogP contribution in [-0.4, -0.2) is 9.97 Å². The molecule has 0 atom stereocenters. The standard InChI is InChI=1S/C14H16FN3/c1-4-12-17-13(9(3)14(16)18-12)10-7-8(2)5-6-11(10)15/h5-7H,4H2,1-3H3,(H2,16,17,18). The second kappa shape index (κ2) is 4.72. The maximum absolute atomic E-state index is 13.9. The van der Waals surface area contributed by atoms with E-state index in [1.165, 1.54) is 6.07 Å². The molecule has 0 saturated carbocycles. The van der Waals surface area contributed by atoms with Crippen molar-refractivity contribution in [2.75, 3.05) is 5.73 Å². The molecule has 0 spiro atoms. The van der Waals surface area contributed by atoms with Gasteiger partial charge in [0, 0.05) is 17.5 Å². The molecule has 0 fully saturated rings. The predicted octanol–water partition coefficient (Wildman–Crippen LogP) is 3.04. The van der Waals surface area contributed by atoms with Crippen molar-refractivity contribution in [1.29, 1.82) is 0 Å². The van der Waals surface area contributed by atoms with E-state index in [2.05, 4.69) is 9.97 Å². The summed E-state index contributed by atoms with van der Waals surface area (Å²) in [6.45, 7) is 5.68. The van der Waals surface area contributed by atoms with E-state index in [1.807, 2.05) is 20.8 Å². The second-order valence-corrected chi connectivity index (χ2v) is 4.34. The number of benzene rings is 1. The number of hydrogen-bond donors (Lipinski definition) is 1. The first-order chi connectivity index (χ1) is 8.52. The minimum absolute atomic E-state index is 0.288. The van der Waals surface area contributed by atoms with Crippen LogP contribution < -0.4 is 5.73 Å². The van der Waals surface area contributed by atoms with Crippen LogP contribution in [0.1, 0.15) is 23.9 Å². The van der Waals surface area contributed by atoms with Gasteiger partial charge in [-0.25, -0.2) is 14.4 Å². The van der Waals surface area contributed by atoms with Crippen LogP contribution in [0.4, 0.5) is 10.2 Å². The first kappa shape index (κ1) is 12.5. The Hall–Kier alpha value is -1.97. The number of rotatable bonds is 2. The lowest BCUT2D eigenvalue weighted by Crippen LogP contribution is -2.05. The summed E-state index contributed by atoms with van der Waals surface area (Å²) in [7, 11) is 0. The summed E-state index contributed by atoms with van der Waals surface area (Å²) < 4.78 is 13.9. The second-order valence-electron chi connectivity index (χ2n) is 4.34. The van der Waals surface area contributed by atoms with Crippen molar-refractivity contribution in [3.05, 3.63) is 41.0 Å². The van der Waals surface area contributed by atoms with Gasteiger partial charge in [0.2, 0.25) is 0 Å². The average Bonchev–Trinajstić information content (AvgIpc) is 2.35. The first-order valence-corrected chi connectivity index (χ1v) is 5.92. The lowest BCUT2D eigenvalue weighted by molar-refractivity contribution is 0.630. The molecule has 0 saturated heterocycles. The van der Waals surface area contributed by atoms with Gasteiger partial charge >= 0.3 is 0 Å². The summed E-state index contributed by atoms with van der Waals surface area (Å²) in [5.41, 5.74) is 8.62. The van der Waals surface area contributed by atoms with Gasteiger partial charge in [-0.1, -0.05) is 18.6 Å². The molecular weight excluding hydrogens is 229 g/mol. The van der Waals surface area contributed by atoms with Crippen molar-refractivity contribution in [2.45, 2.75) is 27.2 Å². The van der Waals surface area contributed by atoms with E-state index in [0.717, 1.165) is 11.1 Å². The molecule has 0 aliphatic rings. The SMILES string of the molecule is CCc1nc(N)c(C)c(-c2cc(C)ccc2F)n1. The quantitative estimate of drug-likeness (QED) is 0.884. The molecule has 0 bridgehead atoms. The van der Waals surface area contributed by atoms with Crippen molar-refractivity contribution in [3.8, 4) is 11.3 Å². The van der Waals surface area contributed by atoms with E-state index >= 15 is 0 Å². The third-order valence-corrected chi connectivity index (χ3v) is 2.92. The van der Waals surface area contributed by atoms with Gasteiger partial charge in [-0.15, -0.1) is 0 Å². The highest BCUT2D eigenvalue weighted by Crippen LogP contribution is 2.27. The summed E-state index contributed by atoms with van der Waals surface area (Å²) in [4.78, 5) is 8.57. The molecule has 0 aliphatic carbocycles. The molecule has 3 nitrogen and oxygen atoms in total. The Labute approximate surface area is 106 Å². The van der Waals surface area contributed by atoms with Gasteiger partial charge < -0.3 is 5.73 Å². The molecule has 2 rings (SSSR count). The Balaban J connectivity index is 2.69. The molecular formula is C14H16FN3. The highest BCUT2D eigenvalue weighted by Gasteiger charge is 2.13. The number of hydrogen-bond acceptors (Lipinski definition) is 3. The number of nitrogens with zero attached hydrogens (tertiary/aromatic N) is 2. The van der Waals surface area contributed by atoms with Crippen LogP contribution in [0.5, 0.6) is 0 Å². The molecule has 0 amide bonds. The summed E-state index contributed by atoms with van der Waals surface area (Å²) in [5.74, 6) is 0.760. The number of aromatic nitrogens is 2. The van der Waals surface area contributed by atoms with Gasteiger partial charge in [0.25, 0.3) is 0 Å². The Morgan fingerprint density at radius 1 is 1.22 bits per heavy atom.